The van der Waals surface area contributed by atoms with Crippen molar-refractivity contribution < 1.29 is 0 Å². The summed E-state index contributed by atoms with van der Waals surface area (Å²) in [5.41, 5.74) is 0.341. The predicted octanol–water partition coefficient (Wildman–Crippen LogP) is 1.06. The highest BCUT2D eigenvalue weighted by molar-refractivity contribution is 4.80. The largest absolute Gasteiger partial charge is 0.314 e. The lowest BCUT2D eigenvalue weighted by atomic mass is 9.96. The highest BCUT2D eigenvalue weighted by Crippen LogP contribution is 2.12. The maximum absolute atomic E-state index is 3.68. The van der Waals surface area contributed by atoms with Gasteiger partial charge in [-0.3, -0.25) is 4.90 Å². The number of hydrogen-bond acceptors (Lipinski definition) is 3. The molecule has 0 aliphatic carbocycles. The van der Waals surface area contributed by atoms with Crippen LogP contribution in [0.4, 0.5) is 0 Å². The molecule has 1 aliphatic heterocycles. The number of nitrogens with zero attached hydrogens (tertiary/aromatic N) is 1. The van der Waals surface area contributed by atoms with Crippen LogP contribution in [0, 0.1) is 0 Å². The first-order chi connectivity index (χ1) is 7.20. The Morgan fingerprint density at radius 3 is 2.33 bits per heavy atom. The lowest BCUT2D eigenvalue weighted by Crippen LogP contribution is -2.49. The molecule has 0 atom stereocenters. The van der Waals surface area contributed by atoms with Gasteiger partial charge in [-0.05, 0) is 19.8 Å². The van der Waals surface area contributed by atoms with E-state index in [1.165, 1.54) is 32.5 Å². The first-order valence-corrected chi connectivity index (χ1v) is 6.38. The molecule has 0 amide bonds. The van der Waals surface area contributed by atoms with Gasteiger partial charge in [-0.1, -0.05) is 13.8 Å². The minimum Gasteiger partial charge on any atom is -0.314 e. The summed E-state index contributed by atoms with van der Waals surface area (Å²) in [6, 6.07) is 0. The molecule has 0 aromatic heterocycles. The van der Waals surface area contributed by atoms with Crippen LogP contribution in [-0.2, 0) is 0 Å². The monoisotopic (exact) mass is 213 g/mol. The minimum absolute atomic E-state index is 0.341. The Morgan fingerprint density at radius 2 is 1.80 bits per heavy atom. The van der Waals surface area contributed by atoms with Crippen molar-refractivity contribution >= 4 is 0 Å². The van der Waals surface area contributed by atoms with E-state index in [0.29, 0.717) is 5.54 Å². The Labute approximate surface area is 94.6 Å². The molecule has 0 unspecified atom stereocenters. The SMILES string of the molecule is CCC(C)(CC)NCCN1CCNCC1. The van der Waals surface area contributed by atoms with Gasteiger partial charge >= 0.3 is 0 Å². The molecule has 0 aromatic rings. The fourth-order valence-electron chi connectivity index (χ4n) is 1.95. The van der Waals surface area contributed by atoms with Crippen molar-refractivity contribution in [3.63, 3.8) is 0 Å². The summed E-state index contributed by atoms with van der Waals surface area (Å²) >= 11 is 0. The zero-order chi connectivity index (χ0) is 11.1. The Balaban J connectivity index is 2.14. The van der Waals surface area contributed by atoms with E-state index in [2.05, 4.69) is 36.3 Å². The average molecular weight is 213 g/mol. The molecule has 1 fully saturated rings. The zero-order valence-electron chi connectivity index (χ0n) is 10.6. The van der Waals surface area contributed by atoms with Gasteiger partial charge in [-0.15, -0.1) is 0 Å². The second-order valence-corrected chi connectivity index (χ2v) is 4.79. The van der Waals surface area contributed by atoms with Crippen LogP contribution in [0.2, 0.25) is 0 Å². The third-order valence-corrected chi connectivity index (χ3v) is 3.75. The lowest BCUT2D eigenvalue weighted by Gasteiger charge is -2.32. The number of nitrogens with one attached hydrogen (secondary N) is 2. The van der Waals surface area contributed by atoms with E-state index in [4.69, 9.17) is 0 Å². The van der Waals surface area contributed by atoms with E-state index >= 15 is 0 Å². The average Bonchev–Trinajstić information content (AvgIpc) is 2.30. The van der Waals surface area contributed by atoms with E-state index < -0.39 is 0 Å². The number of piperazine rings is 1. The second kappa shape index (κ2) is 6.46. The highest BCUT2D eigenvalue weighted by atomic mass is 15.2. The normalized spacial score (nSPS) is 19.4. The lowest BCUT2D eigenvalue weighted by molar-refractivity contribution is 0.225. The van der Waals surface area contributed by atoms with Gasteiger partial charge < -0.3 is 10.6 Å². The highest BCUT2D eigenvalue weighted by Gasteiger charge is 2.18. The van der Waals surface area contributed by atoms with E-state index in [1.807, 2.05) is 0 Å². The van der Waals surface area contributed by atoms with E-state index in [1.54, 1.807) is 0 Å². The van der Waals surface area contributed by atoms with Crippen molar-refractivity contribution in [2.45, 2.75) is 39.2 Å². The smallest absolute Gasteiger partial charge is 0.0148 e. The summed E-state index contributed by atoms with van der Waals surface area (Å²) in [7, 11) is 0. The molecule has 15 heavy (non-hydrogen) atoms. The maximum atomic E-state index is 3.68. The van der Waals surface area contributed by atoms with Gasteiger partial charge in [0.1, 0.15) is 0 Å². The molecule has 3 heteroatoms. The molecule has 3 nitrogen and oxygen atoms in total. The Hall–Kier alpha value is -0.120. The second-order valence-electron chi connectivity index (χ2n) is 4.79. The van der Waals surface area contributed by atoms with E-state index in [9.17, 15) is 0 Å². The Morgan fingerprint density at radius 1 is 1.20 bits per heavy atom. The minimum atomic E-state index is 0.341. The standard InChI is InChI=1S/C12H27N3/c1-4-12(3,5-2)14-8-11-15-9-6-13-7-10-15/h13-14H,4-11H2,1-3H3. The summed E-state index contributed by atoms with van der Waals surface area (Å²) in [6.07, 6.45) is 2.43. The van der Waals surface area contributed by atoms with Crippen molar-refractivity contribution in [2.24, 2.45) is 0 Å². The molecule has 1 saturated heterocycles. The van der Waals surface area contributed by atoms with Crippen LogP contribution in [0.15, 0.2) is 0 Å². The molecule has 0 aromatic carbocycles. The van der Waals surface area contributed by atoms with Crippen LogP contribution >= 0.6 is 0 Å². The number of rotatable bonds is 6. The topological polar surface area (TPSA) is 27.3 Å². The summed E-state index contributed by atoms with van der Waals surface area (Å²) in [5, 5.41) is 7.06. The molecule has 0 saturated carbocycles. The predicted molar refractivity (Wildman–Crippen MR) is 66.3 cm³/mol. The molecular weight excluding hydrogens is 186 g/mol. The van der Waals surface area contributed by atoms with Gasteiger partial charge in [0, 0.05) is 44.8 Å². The molecule has 0 spiro atoms. The van der Waals surface area contributed by atoms with E-state index in [0.717, 1.165) is 19.6 Å². The molecule has 1 rings (SSSR count). The van der Waals surface area contributed by atoms with Crippen LogP contribution in [0.3, 0.4) is 0 Å². The number of hydrogen-bond donors (Lipinski definition) is 2. The van der Waals surface area contributed by atoms with Crippen LogP contribution in [0.1, 0.15) is 33.6 Å². The van der Waals surface area contributed by atoms with Crippen molar-refractivity contribution in [3.05, 3.63) is 0 Å². The van der Waals surface area contributed by atoms with Crippen molar-refractivity contribution in [3.8, 4) is 0 Å². The fraction of sp³-hybridized carbons (Fsp3) is 1.00. The van der Waals surface area contributed by atoms with Gasteiger partial charge in [0.05, 0.1) is 0 Å². The molecule has 1 heterocycles. The quantitative estimate of drug-likeness (QED) is 0.691. The van der Waals surface area contributed by atoms with Crippen LogP contribution in [0.5, 0.6) is 0 Å². The summed E-state index contributed by atoms with van der Waals surface area (Å²) in [4.78, 5) is 2.54. The first-order valence-electron chi connectivity index (χ1n) is 6.38. The summed E-state index contributed by atoms with van der Waals surface area (Å²) in [5.74, 6) is 0. The Bertz CT molecular complexity index is 160. The van der Waals surface area contributed by atoms with Gasteiger partial charge in [0.15, 0.2) is 0 Å². The molecule has 2 N–H and O–H groups in total. The fourth-order valence-corrected chi connectivity index (χ4v) is 1.95. The van der Waals surface area contributed by atoms with Gasteiger partial charge in [-0.25, -0.2) is 0 Å². The van der Waals surface area contributed by atoms with Gasteiger partial charge in [0.2, 0.25) is 0 Å². The van der Waals surface area contributed by atoms with Crippen molar-refractivity contribution in [1.82, 2.24) is 15.5 Å². The van der Waals surface area contributed by atoms with Crippen molar-refractivity contribution in [1.29, 1.82) is 0 Å². The van der Waals surface area contributed by atoms with Crippen LogP contribution in [0.25, 0.3) is 0 Å². The maximum Gasteiger partial charge on any atom is 0.0148 e. The van der Waals surface area contributed by atoms with Gasteiger partial charge in [-0.2, -0.15) is 0 Å². The summed E-state index contributed by atoms with van der Waals surface area (Å²) < 4.78 is 0. The van der Waals surface area contributed by atoms with E-state index in [-0.39, 0.29) is 0 Å². The summed E-state index contributed by atoms with van der Waals surface area (Å²) in [6.45, 7) is 13.9. The molecular formula is C12H27N3. The molecule has 0 radical (unpaired) electrons. The van der Waals surface area contributed by atoms with Crippen LogP contribution in [-0.4, -0.2) is 49.7 Å². The zero-order valence-corrected chi connectivity index (χ0v) is 10.6. The van der Waals surface area contributed by atoms with Crippen LogP contribution < -0.4 is 10.6 Å². The Kier molecular flexibility index (Phi) is 5.58. The molecule has 0 bridgehead atoms. The molecule has 1 aliphatic rings. The molecule has 90 valence electrons. The third kappa shape index (κ3) is 4.49. The van der Waals surface area contributed by atoms with Crippen molar-refractivity contribution in [2.75, 3.05) is 39.3 Å². The van der Waals surface area contributed by atoms with Gasteiger partial charge in [0.25, 0.3) is 0 Å². The third-order valence-electron chi connectivity index (χ3n) is 3.75. The first kappa shape index (κ1) is 12.9.